The molecule has 2 aromatic carbocycles. The van der Waals surface area contributed by atoms with Crippen molar-refractivity contribution in [1.82, 2.24) is 9.78 Å². The van der Waals surface area contributed by atoms with Gasteiger partial charge in [-0.05, 0) is 48.6 Å². The largest absolute Gasteiger partial charge is 0.497 e. The number of ether oxygens (including phenoxy) is 1. The summed E-state index contributed by atoms with van der Waals surface area (Å²) in [5, 5.41) is 11.1. The van der Waals surface area contributed by atoms with Gasteiger partial charge in [0.15, 0.2) is 10.9 Å². The molecule has 0 aliphatic heterocycles. The van der Waals surface area contributed by atoms with E-state index in [0.717, 1.165) is 11.4 Å². The van der Waals surface area contributed by atoms with Crippen LogP contribution < -0.4 is 15.4 Å². The van der Waals surface area contributed by atoms with Crippen LogP contribution in [0.4, 0.5) is 15.9 Å². The predicted molar refractivity (Wildman–Crippen MR) is 106 cm³/mol. The van der Waals surface area contributed by atoms with Gasteiger partial charge >= 0.3 is 0 Å². The molecule has 0 unspecified atom stereocenters. The fourth-order valence-corrected chi connectivity index (χ4v) is 2.76. The lowest BCUT2D eigenvalue weighted by atomic mass is 10.2. The number of rotatable bonds is 5. The molecule has 0 aliphatic rings. The topological polar surface area (TPSA) is 51.1 Å². The number of methoxy groups -OCH3 is 1. The van der Waals surface area contributed by atoms with E-state index in [1.807, 2.05) is 24.3 Å². The summed E-state index contributed by atoms with van der Waals surface area (Å²) < 4.78 is 20.6. The van der Waals surface area contributed by atoms with E-state index in [-0.39, 0.29) is 12.4 Å². The van der Waals surface area contributed by atoms with Gasteiger partial charge < -0.3 is 15.4 Å². The maximum atomic E-state index is 13.9. The molecular formula is C18H16ClFN4OS. The highest BCUT2D eigenvalue weighted by Gasteiger charge is 2.09. The summed E-state index contributed by atoms with van der Waals surface area (Å²) >= 11 is 11.3. The van der Waals surface area contributed by atoms with Gasteiger partial charge in [0.25, 0.3) is 0 Å². The summed E-state index contributed by atoms with van der Waals surface area (Å²) in [6.45, 7) is 0.228. The molecule has 0 spiro atoms. The first-order chi connectivity index (χ1) is 12.5. The van der Waals surface area contributed by atoms with Crippen molar-refractivity contribution in [3.05, 3.63) is 71.1 Å². The normalized spacial score (nSPS) is 10.4. The average Bonchev–Trinajstić information content (AvgIpc) is 3.06. The fourth-order valence-electron chi connectivity index (χ4n) is 2.31. The van der Waals surface area contributed by atoms with Crippen molar-refractivity contribution in [2.45, 2.75) is 6.54 Å². The van der Waals surface area contributed by atoms with Gasteiger partial charge in [-0.15, -0.1) is 0 Å². The van der Waals surface area contributed by atoms with Crippen LogP contribution in [-0.2, 0) is 6.54 Å². The third kappa shape index (κ3) is 4.50. The van der Waals surface area contributed by atoms with Crippen molar-refractivity contribution >= 4 is 40.4 Å². The highest BCUT2D eigenvalue weighted by Crippen LogP contribution is 2.20. The van der Waals surface area contributed by atoms with E-state index in [0.29, 0.717) is 21.5 Å². The minimum Gasteiger partial charge on any atom is -0.497 e. The minimum absolute atomic E-state index is 0.228. The number of anilines is 2. The van der Waals surface area contributed by atoms with Crippen LogP contribution in [0.5, 0.6) is 5.75 Å². The second kappa shape index (κ2) is 8.16. The zero-order valence-electron chi connectivity index (χ0n) is 13.9. The number of benzene rings is 2. The number of thiocarbonyl (C=S) groups is 1. The molecule has 0 bridgehead atoms. The molecule has 0 amide bonds. The number of aromatic nitrogens is 2. The predicted octanol–water partition coefficient (Wildman–Crippen LogP) is 4.54. The van der Waals surface area contributed by atoms with Crippen molar-refractivity contribution in [3.63, 3.8) is 0 Å². The maximum absolute atomic E-state index is 13.9. The molecule has 0 saturated carbocycles. The summed E-state index contributed by atoms with van der Waals surface area (Å²) in [6, 6.07) is 13.7. The Morgan fingerprint density at radius 1 is 1.19 bits per heavy atom. The highest BCUT2D eigenvalue weighted by molar-refractivity contribution is 7.80. The molecule has 5 nitrogen and oxygen atoms in total. The molecule has 0 radical (unpaired) electrons. The third-order valence-corrected chi connectivity index (χ3v) is 4.17. The standard InChI is InChI=1S/C18H16ClFN4OS/c1-25-13-7-5-12(6-8-13)21-18(26)22-17-9-10-24(23-17)11-14-15(19)3-2-4-16(14)20/h2-10H,11H2,1H3,(H2,21,22,23,26). The zero-order valence-corrected chi connectivity index (χ0v) is 15.4. The SMILES string of the molecule is COc1ccc(NC(=S)Nc2ccn(Cc3c(F)cccc3Cl)n2)cc1. The first-order valence-electron chi connectivity index (χ1n) is 7.73. The lowest BCUT2D eigenvalue weighted by Crippen LogP contribution is -2.19. The molecular weight excluding hydrogens is 375 g/mol. The summed E-state index contributed by atoms with van der Waals surface area (Å²) in [7, 11) is 1.61. The Bertz CT molecular complexity index is 894. The van der Waals surface area contributed by atoms with E-state index in [1.165, 1.54) is 6.07 Å². The van der Waals surface area contributed by atoms with Crippen LogP contribution in [-0.4, -0.2) is 22.0 Å². The van der Waals surface area contributed by atoms with Gasteiger partial charge in [-0.3, -0.25) is 4.68 Å². The van der Waals surface area contributed by atoms with E-state index < -0.39 is 0 Å². The molecule has 1 heterocycles. The van der Waals surface area contributed by atoms with Gasteiger partial charge in [0.2, 0.25) is 0 Å². The maximum Gasteiger partial charge on any atom is 0.176 e. The summed E-state index contributed by atoms with van der Waals surface area (Å²) in [5.41, 5.74) is 1.21. The molecule has 134 valence electrons. The third-order valence-electron chi connectivity index (χ3n) is 3.61. The first-order valence-corrected chi connectivity index (χ1v) is 8.52. The van der Waals surface area contributed by atoms with Gasteiger partial charge in [0.05, 0.1) is 13.7 Å². The average molecular weight is 391 g/mol. The van der Waals surface area contributed by atoms with E-state index >= 15 is 0 Å². The van der Waals surface area contributed by atoms with Gasteiger partial charge in [0, 0.05) is 28.5 Å². The molecule has 0 atom stereocenters. The van der Waals surface area contributed by atoms with E-state index in [2.05, 4.69) is 15.7 Å². The minimum atomic E-state index is -0.362. The van der Waals surface area contributed by atoms with E-state index in [4.69, 9.17) is 28.6 Å². The monoisotopic (exact) mass is 390 g/mol. The summed E-state index contributed by atoms with van der Waals surface area (Å²) in [6.07, 6.45) is 1.72. The molecule has 3 aromatic rings. The van der Waals surface area contributed by atoms with Crippen LogP contribution >= 0.6 is 23.8 Å². The quantitative estimate of drug-likeness (QED) is 0.626. The smallest absolute Gasteiger partial charge is 0.176 e. The lowest BCUT2D eigenvalue weighted by molar-refractivity contribution is 0.415. The highest BCUT2D eigenvalue weighted by atomic mass is 35.5. The van der Waals surface area contributed by atoms with Crippen LogP contribution in [0.15, 0.2) is 54.7 Å². The number of hydrogen-bond donors (Lipinski definition) is 2. The zero-order chi connectivity index (χ0) is 18.5. The fraction of sp³-hybridized carbons (Fsp3) is 0.111. The lowest BCUT2D eigenvalue weighted by Gasteiger charge is -2.09. The van der Waals surface area contributed by atoms with Gasteiger partial charge in [-0.2, -0.15) is 5.10 Å². The molecule has 26 heavy (non-hydrogen) atoms. The van der Waals surface area contributed by atoms with Crippen molar-refractivity contribution in [3.8, 4) is 5.75 Å². The summed E-state index contributed by atoms with van der Waals surface area (Å²) in [4.78, 5) is 0. The van der Waals surface area contributed by atoms with Gasteiger partial charge in [0.1, 0.15) is 11.6 Å². The molecule has 3 rings (SSSR count). The van der Waals surface area contributed by atoms with Crippen LogP contribution in [0, 0.1) is 5.82 Å². The Hall–Kier alpha value is -2.64. The van der Waals surface area contributed by atoms with E-state index in [1.54, 1.807) is 36.2 Å². The second-order valence-corrected chi connectivity index (χ2v) is 6.22. The Kier molecular flexibility index (Phi) is 5.70. The number of hydrogen-bond acceptors (Lipinski definition) is 3. The van der Waals surface area contributed by atoms with Crippen LogP contribution in [0.1, 0.15) is 5.56 Å². The van der Waals surface area contributed by atoms with Crippen molar-refractivity contribution in [1.29, 1.82) is 0 Å². The Balaban J connectivity index is 1.61. The molecule has 0 saturated heterocycles. The molecule has 8 heteroatoms. The number of halogens is 2. The van der Waals surface area contributed by atoms with Crippen molar-refractivity contribution in [2.24, 2.45) is 0 Å². The Morgan fingerprint density at radius 2 is 1.96 bits per heavy atom. The van der Waals surface area contributed by atoms with Crippen LogP contribution in [0.25, 0.3) is 0 Å². The van der Waals surface area contributed by atoms with Crippen molar-refractivity contribution in [2.75, 3.05) is 17.7 Å². The van der Waals surface area contributed by atoms with Gasteiger partial charge in [-0.1, -0.05) is 17.7 Å². The molecule has 0 aliphatic carbocycles. The Labute approximate surface area is 160 Å². The van der Waals surface area contributed by atoms with E-state index in [9.17, 15) is 4.39 Å². The number of nitrogens with one attached hydrogen (secondary N) is 2. The first kappa shape index (κ1) is 18.2. The number of nitrogens with zero attached hydrogens (tertiary/aromatic N) is 2. The molecule has 2 N–H and O–H groups in total. The summed E-state index contributed by atoms with van der Waals surface area (Å²) in [5.74, 6) is 0.947. The molecule has 1 aromatic heterocycles. The molecule has 0 fully saturated rings. The van der Waals surface area contributed by atoms with Gasteiger partial charge in [-0.25, -0.2) is 4.39 Å². The second-order valence-electron chi connectivity index (χ2n) is 5.41. The van der Waals surface area contributed by atoms with Crippen LogP contribution in [0.2, 0.25) is 5.02 Å². The Morgan fingerprint density at radius 3 is 2.65 bits per heavy atom. The van der Waals surface area contributed by atoms with Crippen molar-refractivity contribution < 1.29 is 9.13 Å². The van der Waals surface area contributed by atoms with Crippen LogP contribution in [0.3, 0.4) is 0 Å².